The monoisotopic (exact) mass is 728 g/mol. The van der Waals surface area contributed by atoms with Crippen LogP contribution >= 0.6 is 11.6 Å². The number of rotatable bonds is 10. The summed E-state index contributed by atoms with van der Waals surface area (Å²) in [5.41, 5.74) is 2.23. The van der Waals surface area contributed by atoms with Gasteiger partial charge in [-0.15, -0.1) is 13.2 Å². The van der Waals surface area contributed by atoms with Crippen LogP contribution in [0.4, 0.5) is 13.2 Å². The Morgan fingerprint density at radius 3 is 2.31 bits per heavy atom. The summed E-state index contributed by atoms with van der Waals surface area (Å²) >= 11 is 6.46. The molecule has 9 heteroatoms. The second kappa shape index (κ2) is 14.8. The van der Waals surface area contributed by atoms with E-state index in [0.29, 0.717) is 11.3 Å². The summed E-state index contributed by atoms with van der Waals surface area (Å²) in [5, 5.41) is 0.0777. The molecule has 0 radical (unpaired) electrons. The number of hydrogen-bond acceptors (Lipinski definition) is 5. The van der Waals surface area contributed by atoms with Crippen LogP contribution in [0.5, 0.6) is 11.5 Å². The molecule has 278 valence electrons. The van der Waals surface area contributed by atoms with E-state index in [0.717, 1.165) is 67.4 Å². The van der Waals surface area contributed by atoms with Crippen molar-refractivity contribution in [2.75, 3.05) is 0 Å². The average molecular weight is 729 g/mol. The molecule has 2 aromatic rings. The fraction of sp³-hybridized carbons (Fsp3) is 0.619. The van der Waals surface area contributed by atoms with Gasteiger partial charge in [0.1, 0.15) is 17.6 Å². The molecule has 0 aliphatic heterocycles. The smallest absolute Gasteiger partial charge is 0.458 e. The highest BCUT2D eigenvalue weighted by molar-refractivity contribution is 6.33. The molecule has 51 heavy (non-hydrogen) atoms. The van der Waals surface area contributed by atoms with Gasteiger partial charge in [0, 0.05) is 12.5 Å². The molecule has 5 nitrogen and oxygen atoms in total. The predicted octanol–water partition coefficient (Wildman–Crippen LogP) is 12.0. The fourth-order valence-electron chi connectivity index (χ4n) is 10.7. The van der Waals surface area contributed by atoms with E-state index in [1.165, 1.54) is 80.9 Å². The second-order valence-electron chi connectivity index (χ2n) is 16.7. The lowest BCUT2D eigenvalue weighted by Gasteiger charge is -2.58. The van der Waals surface area contributed by atoms with Crippen molar-refractivity contribution in [3.8, 4) is 11.5 Å². The highest BCUT2D eigenvalue weighted by atomic mass is 35.5. The minimum Gasteiger partial charge on any atom is -0.458 e. The molecule has 6 rings (SSSR count). The molecule has 0 bridgehead atoms. The average Bonchev–Trinajstić information content (AvgIpc) is 3.41. The third-order valence-corrected chi connectivity index (χ3v) is 13.5. The van der Waals surface area contributed by atoms with Gasteiger partial charge < -0.3 is 14.2 Å². The molecule has 4 aliphatic carbocycles. The molecule has 0 amide bonds. The largest absolute Gasteiger partial charge is 0.573 e. The molecule has 3 fully saturated rings. The van der Waals surface area contributed by atoms with Crippen LogP contribution in [0.1, 0.15) is 126 Å². The quantitative estimate of drug-likeness (QED) is 0.138. The molecule has 0 aromatic heterocycles. The zero-order valence-electron chi connectivity index (χ0n) is 30.5. The van der Waals surface area contributed by atoms with Crippen molar-refractivity contribution in [3.05, 3.63) is 70.3 Å². The number of esters is 2. The highest BCUT2D eigenvalue weighted by Gasteiger charge is 2.59. The zero-order chi connectivity index (χ0) is 36.7. The number of alkyl halides is 3. The van der Waals surface area contributed by atoms with E-state index in [4.69, 9.17) is 21.1 Å². The van der Waals surface area contributed by atoms with Gasteiger partial charge in [0.2, 0.25) is 0 Å². The van der Waals surface area contributed by atoms with E-state index in [1.807, 2.05) is 0 Å². The first-order valence-electron chi connectivity index (χ1n) is 18.9. The third kappa shape index (κ3) is 8.01. The normalized spacial score (nSPS) is 30.8. The second-order valence-corrected chi connectivity index (χ2v) is 17.1. The molecular weight excluding hydrogens is 677 g/mol. The number of halogens is 4. The summed E-state index contributed by atoms with van der Waals surface area (Å²) < 4.78 is 52.5. The van der Waals surface area contributed by atoms with E-state index in [1.54, 1.807) is 0 Å². The summed E-state index contributed by atoms with van der Waals surface area (Å²) in [4.78, 5) is 25.9. The Hall–Kier alpha value is -3.00. The minimum absolute atomic E-state index is 0.0218. The van der Waals surface area contributed by atoms with Crippen molar-refractivity contribution in [3.63, 3.8) is 0 Å². The van der Waals surface area contributed by atoms with Gasteiger partial charge in [-0.1, -0.05) is 77.1 Å². The van der Waals surface area contributed by atoms with E-state index in [2.05, 4.69) is 45.4 Å². The van der Waals surface area contributed by atoms with Crippen LogP contribution in [0.3, 0.4) is 0 Å². The Bertz CT molecular complexity index is 1620. The number of hydrogen-bond donors (Lipinski definition) is 0. The molecule has 8 atom stereocenters. The van der Waals surface area contributed by atoms with Crippen LogP contribution in [0.15, 0.2) is 54.1 Å². The Balaban J connectivity index is 1.05. The van der Waals surface area contributed by atoms with Gasteiger partial charge in [-0.25, -0.2) is 9.59 Å². The Kier molecular flexibility index (Phi) is 10.9. The van der Waals surface area contributed by atoms with Crippen molar-refractivity contribution < 1.29 is 37.0 Å². The first-order chi connectivity index (χ1) is 24.1. The van der Waals surface area contributed by atoms with Crippen molar-refractivity contribution in [1.29, 1.82) is 0 Å². The molecule has 0 N–H and O–H groups in total. The SMILES string of the molecule is CC(C)CCCC(C)[C@H]1CCC2C3CC=C4C[C@@H](OC(=O)c5ccc(OC(=O)c6ccc(OC(F)(F)F)cc6)cc5Cl)CC[C@]4(C)C3CC[C@@]21C. The standard InChI is InChI=1S/C42H52ClF3O5/c1-25(2)7-6-8-26(3)34-17-18-35-32-15-11-28-23-31(19-21-40(28,4)36(32)20-22-41(34,35)5)50-39(48)33-16-14-30(24-37(33)43)49-38(47)27-9-12-29(13-10-27)51-42(44,45)46/h9-14,16,24-26,31-32,34-36H,6-8,15,17-23H2,1-5H3/t26?,31-,32?,34+,35?,36?,40-,41+/m0/s1. The van der Waals surface area contributed by atoms with Gasteiger partial charge in [-0.2, -0.15) is 0 Å². The van der Waals surface area contributed by atoms with E-state index < -0.39 is 24.1 Å². The van der Waals surface area contributed by atoms with Crippen molar-refractivity contribution in [2.24, 2.45) is 46.3 Å². The van der Waals surface area contributed by atoms with Crippen LogP contribution in [-0.4, -0.2) is 24.4 Å². The van der Waals surface area contributed by atoms with E-state index in [-0.39, 0.29) is 33.4 Å². The Labute approximate surface area is 305 Å². The van der Waals surface area contributed by atoms with Crippen molar-refractivity contribution in [2.45, 2.75) is 118 Å². The third-order valence-electron chi connectivity index (χ3n) is 13.2. The van der Waals surface area contributed by atoms with Crippen LogP contribution in [0.25, 0.3) is 0 Å². The van der Waals surface area contributed by atoms with Gasteiger partial charge in [-0.3, -0.25) is 0 Å². The maximum atomic E-state index is 13.3. The summed E-state index contributed by atoms with van der Waals surface area (Å²) in [6, 6.07) is 8.65. The molecule has 2 aromatic carbocycles. The molecule has 3 saturated carbocycles. The maximum absolute atomic E-state index is 13.3. The number of benzene rings is 2. The van der Waals surface area contributed by atoms with Gasteiger partial charge in [0.25, 0.3) is 0 Å². The number of fused-ring (bicyclic) bond motifs is 5. The van der Waals surface area contributed by atoms with Crippen LogP contribution in [0, 0.1) is 46.3 Å². The van der Waals surface area contributed by atoms with Gasteiger partial charge in [0.05, 0.1) is 16.1 Å². The Morgan fingerprint density at radius 2 is 1.63 bits per heavy atom. The lowest BCUT2D eigenvalue weighted by Crippen LogP contribution is -2.51. The number of carbonyl (C=O) groups is 2. The van der Waals surface area contributed by atoms with Crippen molar-refractivity contribution in [1.82, 2.24) is 0 Å². The molecule has 0 heterocycles. The minimum atomic E-state index is -4.83. The molecule has 0 spiro atoms. The molecule has 4 aliphatic rings. The highest BCUT2D eigenvalue weighted by Crippen LogP contribution is 2.67. The van der Waals surface area contributed by atoms with E-state index in [9.17, 15) is 22.8 Å². The fourth-order valence-corrected chi connectivity index (χ4v) is 10.9. The first kappa shape index (κ1) is 37.7. The van der Waals surface area contributed by atoms with Crippen LogP contribution in [-0.2, 0) is 4.74 Å². The number of ether oxygens (including phenoxy) is 3. The molecular formula is C42H52ClF3O5. The molecule has 4 unspecified atom stereocenters. The van der Waals surface area contributed by atoms with Crippen LogP contribution in [0.2, 0.25) is 5.02 Å². The van der Waals surface area contributed by atoms with Crippen molar-refractivity contribution >= 4 is 23.5 Å². The number of allylic oxidation sites excluding steroid dienone is 1. The first-order valence-corrected chi connectivity index (χ1v) is 19.2. The summed E-state index contributed by atoms with van der Waals surface area (Å²) in [7, 11) is 0. The summed E-state index contributed by atoms with van der Waals surface area (Å²) in [6.45, 7) is 12.3. The van der Waals surface area contributed by atoms with Gasteiger partial charge in [0.15, 0.2) is 0 Å². The predicted molar refractivity (Wildman–Crippen MR) is 192 cm³/mol. The van der Waals surface area contributed by atoms with E-state index >= 15 is 0 Å². The Morgan fingerprint density at radius 1 is 0.902 bits per heavy atom. The number of carbonyl (C=O) groups excluding carboxylic acids is 2. The van der Waals surface area contributed by atoms with Gasteiger partial charge in [-0.05, 0) is 128 Å². The van der Waals surface area contributed by atoms with Crippen LogP contribution < -0.4 is 9.47 Å². The molecule has 0 saturated heterocycles. The topological polar surface area (TPSA) is 61.8 Å². The summed E-state index contributed by atoms with van der Waals surface area (Å²) in [5.74, 6) is 2.93. The van der Waals surface area contributed by atoms with Gasteiger partial charge >= 0.3 is 18.3 Å². The summed E-state index contributed by atoms with van der Waals surface area (Å²) in [6.07, 6.45) is 10.5. The maximum Gasteiger partial charge on any atom is 0.573 e. The zero-order valence-corrected chi connectivity index (χ0v) is 31.2. The lowest BCUT2D eigenvalue weighted by atomic mass is 9.47. The lowest BCUT2D eigenvalue weighted by molar-refractivity contribution is -0.274.